The van der Waals surface area contributed by atoms with Crippen molar-refractivity contribution in [2.24, 2.45) is 0 Å². The van der Waals surface area contributed by atoms with Crippen LogP contribution in [0.15, 0.2) is 36.4 Å². The Bertz CT molecular complexity index is 917. The first-order valence-electron chi connectivity index (χ1n) is 8.87. The quantitative estimate of drug-likeness (QED) is 0.714. The summed E-state index contributed by atoms with van der Waals surface area (Å²) in [5.41, 5.74) is -0.473. The van der Waals surface area contributed by atoms with Gasteiger partial charge in [0.15, 0.2) is 11.5 Å². The number of hydrogen-bond donors (Lipinski definition) is 2. The Kier molecular flexibility index (Phi) is 5.46. The Morgan fingerprint density at radius 3 is 2.76 bits per heavy atom. The van der Waals surface area contributed by atoms with Crippen molar-refractivity contribution in [3.63, 3.8) is 0 Å². The summed E-state index contributed by atoms with van der Waals surface area (Å²) in [5.74, 6) is 1.55. The molecule has 2 aliphatic rings. The maximum Gasteiger partial charge on any atom is 0.416 e. The topological polar surface area (TPSA) is 68.8 Å². The summed E-state index contributed by atoms with van der Waals surface area (Å²) >= 11 is 1.47. The highest BCUT2D eigenvalue weighted by Crippen LogP contribution is 2.43. The molecule has 2 N–H and O–H groups in total. The van der Waals surface area contributed by atoms with E-state index in [9.17, 15) is 18.0 Å². The lowest BCUT2D eigenvalue weighted by Gasteiger charge is -2.23. The number of carbonyl (C=O) groups is 1. The number of fused-ring (bicyclic) bond motifs is 1. The van der Waals surface area contributed by atoms with E-state index in [1.807, 2.05) is 0 Å². The molecule has 0 aromatic heterocycles. The number of ether oxygens (including phenoxy) is 3. The van der Waals surface area contributed by atoms with Gasteiger partial charge in [-0.1, -0.05) is 18.0 Å². The van der Waals surface area contributed by atoms with Gasteiger partial charge in [-0.15, -0.1) is 0 Å². The molecule has 1 atom stereocenters. The van der Waals surface area contributed by atoms with Crippen LogP contribution in [0.2, 0.25) is 0 Å². The van der Waals surface area contributed by atoms with Crippen LogP contribution < -0.4 is 24.2 Å². The average molecular weight is 426 g/mol. The van der Waals surface area contributed by atoms with Gasteiger partial charge in [0, 0.05) is 17.9 Å². The maximum absolute atomic E-state index is 12.9. The summed E-state index contributed by atoms with van der Waals surface area (Å²) in [5, 5.41) is 2.79. The number of hydrogen-bond acceptors (Lipinski definition) is 6. The van der Waals surface area contributed by atoms with Gasteiger partial charge in [-0.2, -0.15) is 13.2 Å². The van der Waals surface area contributed by atoms with Crippen molar-refractivity contribution in [2.75, 3.05) is 24.3 Å². The zero-order chi connectivity index (χ0) is 20.4. The third-order valence-electron chi connectivity index (χ3n) is 4.32. The Morgan fingerprint density at radius 1 is 1.17 bits per heavy atom. The molecule has 2 heterocycles. The summed E-state index contributed by atoms with van der Waals surface area (Å²) in [6.45, 7) is 0.634. The molecular weight excluding hydrogens is 409 g/mol. The van der Waals surface area contributed by atoms with E-state index >= 15 is 0 Å². The van der Waals surface area contributed by atoms with Crippen molar-refractivity contribution in [3.8, 4) is 23.0 Å². The molecule has 10 heteroatoms. The molecule has 0 aliphatic carbocycles. The molecule has 6 nitrogen and oxygen atoms in total. The summed E-state index contributed by atoms with van der Waals surface area (Å²) in [6, 6.07) is 7.26. The predicted octanol–water partition coefficient (Wildman–Crippen LogP) is 4.22. The van der Waals surface area contributed by atoms with Gasteiger partial charge in [0.1, 0.15) is 24.7 Å². The Morgan fingerprint density at radius 2 is 2.00 bits per heavy atom. The molecule has 1 fully saturated rings. The van der Waals surface area contributed by atoms with Crippen LogP contribution in [0, 0.1) is 0 Å². The van der Waals surface area contributed by atoms with Crippen LogP contribution in [0.4, 0.5) is 18.9 Å². The van der Waals surface area contributed by atoms with Gasteiger partial charge in [-0.05, 0) is 24.6 Å². The molecule has 0 saturated carbocycles. The maximum atomic E-state index is 12.9. The minimum Gasteiger partial charge on any atom is -0.486 e. The van der Waals surface area contributed by atoms with Crippen molar-refractivity contribution in [2.45, 2.75) is 18.6 Å². The Balaban J connectivity index is 1.61. The van der Waals surface area contributed by atoms with Gasteiger partial charge >= 0.3 is 6.18 Å². The van der Waals surface area contributed by atoms with Gasteiger partial charge in [0.2, 0.25) is 5.91 Å². The van der Waals surface area contributed by atoms with Crippen LogP contribution in [0.1, 0.15) is 12.0 Å². The van der Waals surface area contributed by atoms with Gasteiger partial charge in [-0.25, -0.2) is 0 Å². The lowest BCUT2D eigenvalue weighted by Crippen LogP contribution is -2.33. The summed E-state index contributed by atoms with van der Waals surface area (Å²) < 4.78 is 58.7. The minimum absolute atomic E-state index is 0.0163. The Hall–Kier alpha value is -2.59. The monoisotopic (exact) mass is 426 g/mol. The highest BCUT2D eigenvalue weighted by atomic mass is 32.2. The van der Waals surface area contributed by atoms with Crippen LogP contribution in [-0.4, -0.2) is 30.9 Å². The highest BCUT2D eigenvalue weighted by molar-refractivity contribution is 7.97. The van der Waals surface area contributed by atoms with Crippen molar-refractivity contribution < 1.29 is 32.2 Å². The lowest BCUT2D eigenvalue weighted by atomic mass is 10.2. The van der Waals surface area contributed by atoms with Crippen LogP contribution in [0.5, 0.6) is 23.0 Å². The van der Waals surface area contributed by atoms with E-state index in [1.54, 1.807) is 0 Å². The van der Waals surface area contributed by atoms with Crippen molar-refractivity contribution in [1.29, 1.82) is 0 Å². The van der Waals surface area contributed by atoms with Crippen LogP contribution in [-0.2, 0) is 11.0 Å². The lowest BCUT2D eigenvalue weighted by molar-refractivity contribution is -0.137. The molecule has 1 saturated heterocycles. The fraction of sp³-hybridized carbons (Fsp3) is 0.316. The number of halogens is 3. The molecule has 1 unspecified atom stereocenters. The smallest absolute Gasteiger partial charge is 0.416 e. The second-order valence-electron chi connectivity index (χ2n) is 6.42. The Labute approximate surface area is 168 Å². The standard InChI is InChI=1S/C19H17F3N2O4S/c20-19(21,22)11-2-1-3-12(8-11)28-13-9-15(17-16(10-13)26-5-6-27-17)23-18(25)14-4-7-29-24-14/h1-3,8-10,14,24H,4-7H2,(H,23,25). The van der Waals surface area contributed by atoms with E-state index < -0.39 is 11.7 Å². The molecular formula is C19H17F3N2O4S. The van der Waals surface area contributed by atoms with E-state index in [0.717, 1.165) is 17.9 Å². The van der Waals surface area contributed by atoms with E-state index in [0.29, 0.717) is 36.8 Å². The zero-order valence-electron chi connectivity index (χ0n) is 15.0. The molecule has 2 aromatic carbocycles. The van der Waals surface area contributed by atoms with Gasteiger partial charge in [0.25, 0.3) is 0 Å². The SMILES string of the molecule is O=C(Nc1cc(Oc2cccc(C(F)(F)F)c2)cc2c1OCCO2)C1CCSN1. The molecule has 1 amide bonds. The van der Waals surface area contributed by atoms with Crippen molar-refractivity contribution >= 4 is 23.5 Å². The van der Waals surface area contributed by atoms with Crippen LogP contribution >= 0.6 is 11.9 Å². The summed E-state index contributed by atoms with van der Waals surface area (Å²) in [6.07, 6.45) is -3.78. The van der Waals surface area contributed by atoms with E-state index in [4.69, 9.17) is 14.2 Å². The fourth-order valence-corrected chi connectivity index (χ4v) is 3.85. The van der Waals surface area contributed by atoms with Crippen molar-refractivity contribution in [1.82, 2.24) is 4.72 Å². The molecule has 154 valence electrons. The van der Waals surface area contributed by atoms with Crippen molar-refractivity contribution in [3.05, 3.63) is 42.0 Å². The molecule has 29 heavy (non-hydrogen) atoms. The molecule has 2 aromatic rings. The zero-order valence-corrected chi connectivity index (χ0v) is 15.9. The van der Waals surface area contributed by atoms with Gasteiger partial charge in [0.05, 0.1) is 17.3 Å². The second-order valence-corrected chi connectivity index (χ2v) is 7.35. The molecule has 0 spiro atoms. The fourth-order valence-electron chi connectivity index (χ4n) is 2.95. The third-order valence-corrected chi connectivity index (χ3v) is 5.21. The molecule has 4 rings (SSSR count). The predicted molar refractivity (Wildman–Crippen MR) is 102 cm³/mol. The number of carbonyl (C=O) groups excluding carboxylic acids is 1. The number of alkyl halides is 3. The first-order valence-corrected chi connectivity index (χ1v) is 9.85. The first kappa shape index (κ1) is 19.7. The number of nitrogens with one attached hydrogen (secondary N) is 2. The normalized spacial score (nSPS) is 18.4. The van der Waals surface area contributed by atoms with E-state index in [2.05, 4.69) is 10.0 Å². The van der Waals surface area contributed by atoms with Gasteiger partial charge in [-0.3, -0.25) is 9.52 Å². The van der Waals surface area contributed by atoms with E-state index in [1.165, 1.54) is 36.2 Å². The molecule has 0 radical (unpaired) electrons. The average Bonchev–Trinajstić information content (AvgIpc) is 3.22. The molecule has 0 bridgehead atoms. The second kappa shape index (κ2) is 8.03. The highest BCUT2D eigenvalue weighted by Gasteiger charge is 2.31. The number of benzene rings is 2. The number of rotatable bonds is 4. The van der Waals surface area contributed by atoms with Crippen LogP contribution in [0.3, 0.4) is 0 Å². The van der Waals surface area contributed by atoms with Gasteiger partial charge < -0.3 is 19.5 Å². The third kappa shape index (κ3) is 4.54. The summed E-state index contributed by atoms with van der Waals surface area (Å²) in [7, 11) is 0. The molecule has 2 aliphatic heterocycles. The van der Waals surface area contributed by atoms with Crippen LogP contribution in [0.25, 0.3) is 0 Å². The summed E-state index contributed by atoms with van der Waals surface area (Å²) in [4.78, 5) is 12.5. The first-order chi connectivity index (χ1) is 13.9. The minimum atomic E-state index is -4.47. The number of amides is 1. The largest absolute Gasteiger partial charge is 0.486 e. The number of anilines is 1. The van der Waals surface area contributed by atoms with E-state index in [-0.39, 0.29) is 23.4 Å².